The van der Waals surface area contributed by atoms with E-state index in [1.54, 1.807) is 0 Å². The number of nitrogens with zero attached hydrogens (tertiary/aromatic N) is 1. The van der Waals surface area contributed by atoms with E-state index in [4.69, 9.17) is 0 Å². The molecule has 0 spiro atoms. The first kappa shape index (κ1) is 15.5. The van der Waals surface area contributed by atoms with E-state index in [9.17, 15) is 0 Å². The summed E-state index contributed by atoms with van der Waals surface area (Å²) in [6.07, 6.45) is 5.81. The maximum Gasteiger partial charge on any atom is 0.0387 e. The van der Waals surface area contributed by atoms with Crippen molar-refractivity contribution in [2.24, 2.45) is 0 Å². The molecule has 1 aliphatic carbocycles. The SMILES string of the molecule is c1ccc(CC2(Cc3ccncc3)c3ccccc3-c3sccc32)cc1. The Labute approximate surface area is 158 Å². The normalized spacial score (nSPS) is 17.7. The van der Waals surface area contributed by atoms with Crippen molar-refractivity contribution in [1.29, 1.82) is 0 Å². The van der Waals surface area contributed by atoms with Gasteiger partial charge in [-0.05, 0) is 64.2 Å². The number of fused-ring (bicyclic) bond motifs is 3. The van der Waals surface area contributed by atoms with Gasteiger partial charge < -0.3 is 0 Å². The lowest BCUT2D eigenvalue weighted by molar-refractivity contribution is 0.520. The van der Waals surface area contributed by atoms with Gasteiger partial charge in [-0.1, -0.05) is 54.6 Å². The van der Waals surface area contributed by atoms with Crippen molar-refractivity contribution < 1.29 is 0 Å². The number of thiophene rings is 1. The van der Waals surface area contributed by atoms with Crippen LogP contribution in [0.5, 0.6) is 0 Å². The Morgan fingerprint density at radius 3 is 2.19 bits per heavy atom. The molecule has 0 amide bonds. The van der Waals surface area contributed by atoms with E-state index in [0.717, 1.165) is 12.8 Å². The van der Waals surface area contributed by atoms with Crippen molar-refractivity contribution >= 4 is 11.3 Å². The van der Waals surface area contributed by atoms with Crippen LogP contribution in [0.3, 0.4) is 0 Å². The van der Waals surface area contributed by atoms with Crippen LogP contribution in [0.1, 0.15) is 22.3 Å². The van der Waals surface area contributed by atoms with Gasteiger partial charge in [-0.2, -0.15) is 0 Å². The molecule has 2 aromatic heterocycles. The highest BCUT2D eigenvalue weighted by Gasteiger charge is 2.43. The van der Waals surface area contributed by atoms with Gasteiger partial charge in [0.05, 0.1) is 0 Å². The van der Waals surface area contributed by atoms with Crippen LogP contribution in [0.25, 0.3) is 10.4 Å². The van der Waals surface area contributed by atoms with Gasteiger partial charge in [-0.25, -0.2) is 0 Å². The number of aromatic nitrogens is 1. The first-order chi connectivity index (χ1) is 12.9. The lowest BCUT2D eigenvalue weighted by Gasteiger charge is -2.32. The Balaban J connectivity index is 1.72. The summed E-state index contributed by atoms with van der Waals surface area (Å²) >= 11 is 1.87. The predicted octanol–water partition coefficient (Wildman–Crippen LogP) is 5.90. The second-order valence-corrected chi connectivity index (χ2v) is 7.90. The molecule has 0 N–H and O–H groups in total. The van der Waals surface area contributed by atoms with Gasteiger partial charge in [0.1, 0.15) is 0 Å². The summed E-state index contributed by atoms with van der Waals surface area (Å²) in [6.45, 7) is 0. The molecule has 0 saturated carbocycles. The van der Waals surface area contributed by atoms with Gasteiger partial charge >= 0.3 is 0 Å². The number of benzene rings is 2. The summed E-state index contributed by atoms with van der Waals surface area (Å²) in [5.41, 5.74) is 7.05. The first-order valence-corrected chi connectivity index (χ1v) is 9.85. The minimum Gasteiger partial charge on any atom is -0.265 e. The Morgan fingerprint density at radius 2 is 1.38 bits per heavy atom. The topological polar surface area (TPSA) is 12.9 Å². The Kier molecular flexibility index (Phi) is 3.72. The number of rotatable bonds is 4. The smallest absolute Gasteiger partial charge is 0.0387 e. The van der Waals surface area contributed by atoms with Gasteiger partial charge in [0.25, 0.3) is 0 Å². The fourth-order valence-electron chi connectivity index (χ4n) is 4.38. The fourth-order valence-corrected chi connectivity index (χ4v) is 5.41. The Bertz CT molecular complexity index is 993. The molecule has 126 valence electrons. The summed E-state index contributed by atoms with van der Waals surface area (Å²) in [6, 6.07) is 26.5. The van der Waals surface area contributed by atoms with Gasteiger partial charge in [0, 0.05) is 22.7 Å². The van der Waals surface area contributed by atoms with E-state index in [1.165, 1.54) is 32.7 Å². The van der Waals surface area contributed by atoms with Gasteiger partial charge in [0.15, 0.2) is 0 Å². The first-order valence-electron chi connectivity index (χ1n) is 8.97. The molecule has 0 bridgehead atoms. The fraction of sp³-hybridized carbons (Fsp3) is 0.125. The van der Waals surface area contributed by atoms with Crippen molar-refractivity contribution in [3.05, 3.63) is 113 Å². The molecule has 5 rings (SSSR count). The van der Waals surface area contributed by atoms with Crippen LogP contribution in [0.4, 0.5) is 0 Å². The van der Waals surface area contributed by atoms with Crippen molar-refractivity contribution in [3.63, 3.8) is 0 Å². The lowest BCUT2D eigenvalue weighted by Crippen LogP contribution is -2.30. The third-order valence-electron chi connectivity index (χ3n) is 5.47. The summed E-state index contributed by atoms with van der Waals surface area (Å²) < 4.78 is 0. The predicted molar refractivity (Wildman–Crippen MR) is 109 cm³/mol. The maximum absolute atomic E-state index is 4.21. The third-order valence-corrected chi connectivity index (χ3v) is 6.42. The molecule has 0 aliphatic heterocycles. The zero-order valence-electron chi connectivity index (χ0n) is 14.4. The number of hydrogen-bond donors (Lipinski definition) is 0. The standard InChI is InChI=1S/C24H19NS/c1-2-6-18(7-3-1)16-24(17-19-10-13-25-14-11-19)21-9-5-4-8-20(21)23-22(24)12-15-26-23/h1-15H,16-17H2. The molecule has 2 heterocycles. The molecule has 1 unspecified atom stereocenters. The molecule has 4 aromatic rings. The van der Waals surface area contributed by atoms with Crippen molar-refractivity contribution in [2.45, 2.75) is 18.3 Å². The van der Waals surface area contributed by atoms with E-state index in [0.29, 0.717) is 0 Å². The molecule has 1 atom stereocenters. The van der Waals surface area contributed by atoms with Crippen molar-refractivity contribution in [1.82, 2.24) is 4.98 Å². The van der Waals surface area contributed by atoms with E-state index < -0.39 is 0 Å². The number of hydrogen-bond acceptors (Lipinski definition) is 2. The van der Waals surface area contributed by atoms with E-state index in [2.05, 4.69) is 83.2 Å². The summed E-state index contributed by atoms with van der Waals surface area (Å²) in [4.78, 5) is 5.64. The van der Waals surface area contributed by atoms with Crippen LogP contribution in [0.2, 0.25) is 0 Å². The van der Waals surface area contributed by atoms with Crippen LogP contribution in [-0.4, -0.2) is 4.98 Å². The van der Waals surface area contributed by atoms with Gasteiger partial charge in [-0.15, -0.1) is 11.3 Å². The quantitative estimate of drug-likeness (QED) is 0.445. The zero-order valence-corrected chi connectivity index (χ0v) is 15.2. The maximum atomic E-state index is 4.21. The molecule has 0 saturated heterocycles. The summed E-state index contributed by atoms with van der Waals surface area (Å²) in [5, 5.41) is 2.24. The minimum atomic E-state index is -0.0192. The highest BCUT2D eigenvalue weighted by atomic mass is 32.1. The Hall–Kier alpha value is -2.71. The highest BCUT2D eigenvalue weighted by molar-refractivity contribution is 7.14. The largest absolute Gasteiger partial charge is 0.265 e. The van der Waals surface area contributed by atoms with Gasteiger partial charge in [0.2, 0.25) is 0 Å². The monoisotopic (exact) mass is 353 g/mol. The molecule has 2 heteroatoms. The average molecular weight is 353 g/mol. The van der Waals surface area contributed by atoms with Crippen LogP contribution in [0.15, 0.2) is 90.6 Å². The average Bonchev–Trinajstić information content (AvgIpc) is 3.27. The van der Waals surface area contributed by atoms with E-state index >= 15 is 0 Å². The molecule has 26 heavy (non-hydrogen) atoms. The van der Waals surface area contributed by atoms with E-state index in [-0.39, 0.29) is 5.41 Å². The van der Waals surface area contributed by atoms with Crippen LogP contribution in [-0.2, 0) is 18.3 Å². The lowest BCUT2D eigenvalue weighted by atomic mass is 9.70. The molecule has 2 aromatic carbocycles. The molecule has 1 nitrogen and oxygen atoms in total. The minimum absolute atomic E-state index is 0.0192. The summed E-state index contributed by atoms with van der Waals surface area (Å²) in [5.74, 6) is 0. The molecule has 0 fully saturated rings. The highest BCUT2D eigenvalue weighted by Crippen LogP contribution is 2.54. The molecule has 1 aliphatic rings. The second-order valence-electron chi connectivity index (χ2n) is 6.99. The van der Waals surface area contributed by atoms with Crippen molar-refractivity contribution in [2.75, 3.05) is 0 Å². The van der Waals surface area contributed by atoms with E-state index in [1.807, 2.05) is 23.7 Å². The zero-order chi connectivity index (χ0) is 17.4. The molecule has 0 radical (unpaired) electrons. The third kappa shape index (κ3) is 2.41. The van der Waals surface area contributed by atoms with Crippen LogP contribution >= 0.6 is 11.3 Å². The van der Waals surface area contributed by atoms with Crippen LogP contribution in [0, 0.1) is 0 Å². The van der Waals surface area contributed by atoms with Gasteiger partial charge in [-0.3, -0.25) is 4.98 Å². The van der Waals surface area contributed by atoms with Crippen LogP contribution < -0.4 is 0 Å². The second kappa shape index (κ2) is 6.22. The number of pyridine rings is 1. The Morgan fingerprint density at radius 1 is 0.692 bits per heavy atom. The summed E-state index contributed by atoms with van der Waals surface area (Å²) in [7, 11) is 0. The van der Waals surface area contributed by atoms with Crippen molar-refractivity contribution in [3.8, 4) is 10.4 Å². The molecular weight excluding hydrogens is 334 g/mol. The molecular formula is C24H19NS.